The van der Waals surface area contributed by atoms with Gasteiger partial charge in [0, 0.05) is 25.9 Å². The summed E-state index contributed by atoms with van der Waals surface area (Å²) in [5.74, 6) is 0. The molecule has 2 aromatic rings. The van der Waals surface area contributed by atoms with Crippen molar-refractivity contribution in [3.8, 4) is 0 Å². The number of amides is 1. The fourth-order valence-corrected chi connectivity index (χ4v) is 5.32. The highest BCUT2D eigenvalue weighted by Crippen LogP contribution is 2.13. The SMILES string of the molecule is CCCCCCCCCCCCCCCCCCNC(=O)OCC(Cn1ccc(=O)n(CCOCc2ccccc2)c1=O)OC. The first-order chi connectivity index (χ1) is 22.0. The zero-order valence-electron chi connectivity index (χ0n) is 28.0. The van der Waals surface area contributed by atoms with E-state index in [9.17, 15) is 14.4 Å². The number of hydrogen-bond acceptors (Lipinski definition) is 6. The Labute approximate surface area is 270 Å². The molecule has 1 aromatic heterocycles. The van der Waals surface area contributed by atoms with Crippen molar-refractivity contribution >= 4 is 6.09 Å². The van der Waals surface area contributed by atoms with Gasteiger partial charge < -0.3 is 19.5 Å². The zero-order chi connectivity index (χ0) is 32.4. The van der Waals surface area contributed by atoms with Gasteiger partial charge in [-0.25, -0.2) is 9.59 Å². The van der Waals surface area contributed by atoms with E-state index in [0.717, 1.165) is 23.0 Å². The molecule has 0 spiro atoms. The van der Waals surface area contributed by atoms with Gasteiger partial charge in [0.1, 0.15) is 12.7 Å². The lowest BCUT2D eigenvalue weighted by molar-refractivity contribution is 0.0242. The second kappa shape index (κ2) is 25.3. The summed E-state index contributed by atoms with van der Waals surface area (Å²) in [6, 6.07) is 11.0. The van der Waals surface area contributed by atoms with E-state index in [2.05, 4.69) is 12.2 Å². The van der Waals surface area contributed by atoms with Crippen molar-refractivity contribution < 1.29 is 19.0 Å². The van der Waals surface area contributed by atoms with Crippen LogP contribution in [0.1, 0.15) is 115 Å². The first kappa shape index (κ1) is 38.3. The molecule has 1 heterocycles. The van der Waals surface area contributed by atoms with Crippen LogP contribution in [-0.2, 0) is 33.9 Å². The fourth-order valence-electron chi connectivity index (χ4n) is 5.32. The Morgan fingerprint density at radius 1 is 0.800 bits per heavy atom. The van der Waals surface area contributed by atoms with Crippen molar-refractivity contribution in [2.45, 2.75) is 135 Å². The van der Waals surface area contributed by atoms with Crippen LogP contribution in [0.15, 0.2) is 52.2 Å². The van der Waals surface area contributed by atoms with Crippen LogP contribution < -0.4 is 16.6 Å². The van der Waals surface area contributed by atoms with Crippen molar-refractivity contribution in [3.63, 3.8) is 0 Å². The molecule has 1 aromatic carbocycles. The van der Waals surface area contributed by atoms with Gasteiger partial charge in [0.2, 0.25) is 0 Å². The number of hydrogen-bond donors (Lipinski definition) is 1. The normalized spacial score (nSPS) is 11.9. The highest BCUT2D eigenvalue weighted by molar-refractivity contribution is 5.67. The van der Waals surface area contributed by atoms with E-state index in [1.54, 1.807) is 0 Å². The Balaban J connectivity index is 1.51. The molecule has 0 saturated heterocycles. The Bertz CT molecular complexity index is 1130. The van der Waals surface area contributed by atoms with Gasteiger partial charge in [0.05, 0.1) is 26.3 Å². The monoisotopic (exact) mass is 629 g/mol. The Hall–Kier alpha value is -2.91. The number of alkyl carbamates (subject to hydrolysis) is 1. The number of aromatic nitrogens is 2. The summed E-state index contributed by atoms with van der Waals surface area (Å²) in [4.78, 5) is 37.4. The van der Waals surface area contributed by atoms with Crippen LogP contribution in [0.5, 0.6) is 0 Å². The van der Waals surface area contributed by atoms with Crippen LogP contribution >= 0.6 is 0 Å². The smallest absolute Gasteiger partial charge is 0.407 e. The summed E-state index contributed by atoms with van der Waals surface area (Å²) in [7, 11) is 1.50. The first-order valence-corrected chi connectivity index (χ1v) is 17.4. The number of nitrogens with one attached hydrogen (secondary N) is 1. The van der Waals surface area contributed by atoms with Gasteiger partial charge >= 0.3 is 11.8 Å². The van der Waals surface area contributed by atoms with E-state index < -0.39 is 23.4 Å². The number of rotatable bonds is 27. The molecule has 1 amide bonds. The van der Waals surface area contributed by atoms with Crippen molar-refractivity contribution in [1.82, 2.24) is 14.5 Å². The largest absolute Gasteiger partial charge is 0.447 e. The zero-order valence-corrected chi connectivity index (χ0v) is 28.0. The molecule has 9 heteroatoms. The van der Waals surface area contributed by atoms with Crippen molar-refractivity contribution in [1.29, 1.82) is 0 Å². The molecular weight excluding hydrogens is 570 g/mol. The minimum Gasteiger partial charge on any atom is -0.447 e. The van der Waals surface area contributed by atoms with E-state index >= 15 is 0 Å². The summed E-state index contributed by atoms with van der Waals surface area (Å²) in [5, 5.41) is 2.80. The van der Waals surface area contributed by atoms with E-state index in [1.807, 2.05) is 30.3 Å². The number of ether oxygens (including phenoxy) is 3. The lowest BCUT2D eigenvalue weighted by atomic mass is 10.0. The number of carbonyl (C=O) groups is 1. The topological polar surface area (TPSA) is 101 Å². The summed E-state index contributed by atoms with van der Waals surface area (Å²) >= 11 is 0. The Morgan fingerprint density at radius 3 is 1.96 bits per heavy atom. The van der Waals surface area contributed by atoms with Gasteiger partial charge in [-0.2, -0.15) is 0 Å². The molecule has 0 aliphatic heterocycles. The molecule has 0 fully saturated rings. The predicted octanol–water partition coefficient (Wildman–Crippen LogP) is 7.23. The maximum absolute atomic E-state index is 12.9. The van der Waals surface area contributed by atoms with E-state index in [0.29, 0.717) is 13.2 Å². The van der Waals surface area contributed by atoms with Gasteiger partial charge in [-0.1, -0.05) is 134 Å². The standard InChI is InChI=1S/C36H59N3O6/c1-3-4-5-6-7-8-9-10-11-12-13-14-15-16-17-21-25-37-35(41)45-31-33(43-2)29-38-26-24-34(40)39(36(38)42)27-28-44-30-32-22-19-18-20-23-32/h18-20,22-24,26,33H,3-17,21,25,27-31H2,1-2H3,(H,37,41). The summed E-state index contributed by atoms with van der Waals surface area (Å²) in [6.45, 7) is 3.75. The Kier molecular flexibility index (Phi) is 21.5. The molecule has 0 radical (unpaired) electrons. The minimum absolute atomic E-state index is 0.00690. The number of nitrogens with zero attached hydrogens (tertiary/aromatic N) is 2. The fraction of sp³-hybridized carbons (Fsp3) is 0.694. The molecule has 1 atom stereocenters. The lowest BCUT2D eigenvalue weighted by Crippen LogP contribution is -2.42. The maximum atomic E-state index is 12.9. The minimum atomic E-state index is -0.538. The lowest BCUT2D eigenvalue weighted by Gasteiger charge is -2.18. The van der Waals surface area contributed by atoms with Gasteiger partial charge in [-0.3, -0.25) is 13.9 Å². The molecule has 0 saturated carbocycles. The third kappa shape index (κ3) is 18.0. The number of methoxy groups -OCH3 is 1. The van der Waals surface area contributed by atoms with E-state index in [4.69, 9.17) is 14.2 Å². The molecule has 254 valence electrons. The summed E-state index contributed by atoms with van der Waals surface area (Å²) < 4.78 is 18.9. The highest BCUT2D eigenvalue weighted by Gasteiger charge is 2.14. The summed E-state index contributed by atoms with van der Waals surface area (Å²) in [6.07, 6.45) is 21.4. The predicted molar refractivity (Wildman–Crippen MR) is 181 cm³/mol. The molecule has 0 bridgehead atoms. The van der Waals surface area contributed by atoms with Crippen molar-refractivity contribution in [2.75, 3.05) is 26.9 Å². The number of carbonyl (C=O) groups excluding carboxylic acids is 1. The van der Waals surface area contributed by atoms with Crippen LogP contribution in [0.4, 0.5) is 4.79 Å². The second-order valence-corrected chi connectivity index (χ2v) is 12.0. The molecule has 0 aliphatic rings. The van der Waals surface area contributed by atoms with E-state index in [-0.39, 0.29) is 26.3 Å². The van der Waals surface area contributed by atoms with Crippen LogP contribution in [0.3, 0.4) is 0 Å². The Morgan fingerprint density at radius 2 is 1.38 bits per heavy atom. The first-order valence-electron chi connectivity index (χ1n) is 17.4. The molecule has 0 aliphatic carbocycles. The molecule has 9 nitrogen and oxygen atoms in total. The third-order valence-corrected chi connectivity index (χ3v) is 8.14. The molecule has 45 heavy (non-hydrogen) atoms. The van der Waals surface area contributed by atoms with Crippen LogP contribution in [0, 0.1) is 0 Å². The van der Waals surface area contributed by atoms with Crippen LogP contribution in [0.2, 0.25) is 0 Å². The van der Waals surface area contributed by atoms with Gasteiger partial charge in [-0.05, 0) is 12.0 Å². The number of unbranched alkanes of at least 4 members (excludes halogenated alkanes) is 15. The average Bonchev–Trinajstić information content (AvgIpc) is 3.05. The van der Waals surface area contributed by atoms with Crippen LogP contribution in [0.25, 0.3) is 0 Å². The number of benzene rings is 1. The van der Waals surface area contributed by atoms with E-state index in [1.165, 1.54) is 114 Å². The van der Waals surface area contributed by atoms with Crippen molar-refractivity contribution in [3.05, 3.63) is 69.0 Å². The van der Waals surface area contributed by atoms with Crippen molar-refractivity contribution in [2.24, 2.45) is 0 Å². The molecule has 2 rings (SSSR count). The molecule has 1 N–H and O–H groups in total. The summed E-state index contributed by atoms with van der Waals surface area (Å²) in [5.41, 5.74) is 0.173. The quantitative estimate of drug-likeness (QED) is 0.105. The van der Waals surface area contributed by atoms with Gasteiger partial charge in [-0.15, -0.1) is 0 Å². The average molecular weight is 630 g/mol. The molecule has 1 unspecified atom stereocenters. The second-order valence-electron chi connectivity index (χ2n) is 12.0. The highest BCUT2D eigenvalue weighted by atomic mass is 16.6. The maximum Gasteiger partial charge on any atom is 0.407 e. The third-order valence-electron chi connectivity index (χ3n) is 8.14. The molecular formula is C36H59N3O6. The van der Waals surface area contributed by atoms with Crippen LogP contribution in [-0.4, -0.2) is 48.2 Å². The van der Waals surface area contributed by atoms with Gasteiger partial charge in [0.25, 0.3) is 5.56 Å². The van der Waals surface area contributed by atoms with Gasteiger partial charge in [0.15, 0.2) is 0 Å².